The van der Waals surface area contributed by atoms with E-state index >= 15 is 0 Å². The fourth-order valence-electron chi connectivity index (χ4n) is 3.47. The van der Waals surface area contributed by atoms with Gasteiger partial charge in [-0.3, -0.25) is 14.9 Å². The highest BCUT2D eigenvalue weighted by Crippen LogP contribution is 2.22. The molecule has 1 amide bonds. The van der Waals surface area contributed by atoms with Gasteiger partial charge in [0.25, 0.3) is 11.6 Å². The number of nitrogens with zero attached hydrogens (tertiary/aromatic N) is 2. The third kappa shape index (κ3) is 4.99. The second-order valence-corrected chi connectivity index (χ2v) is 7.41. The Balaban J connectivity index is 1.48. The second kappa shape index (κ2) is 9.03. The number of hydrogen-bond donors (Lipinski definition) is 2. The molecule has 2 aromatic rings. The molecule has 1 saturated heterocycles. The number of hydrogen-bond acceptors (Lipinski definition) is 4. The summed E-state index contributed by atoms with van der Waals surface area (Å²) >= 11 is 6.20. The van der Waals surface area contributed by atoms with Crippen molar-refractivity contribution >= 4 is 28.9 Å². The van der Waals surface area contributed by atoms with Crippen molar-refractivity contribution < 1.29 is 14.6 Å². The van der Waals surface area contributed by atoms with Crippen LogP contribution in [-0.2, 0) is 4.79 Å². The number of nitro benzene ring substituents is 1. The standard InChI is InChI=1S/C20H23ClN4O3/c1-15(18-4-2-3-5-19(18)21)22-20(26)14-23-10-12-24(13-11-23)16-6-8-17(9-7-16)25(27)28/h2-9,15H,10-14H2,1H3,(H,22,26)/p+1/t15-/m0/s1. The van der Waals surface area contributed by atoms with E-state index in [-0.39, 0.29) is 17.6 Å². The minimum atomic E-state index is -0.395. The maximum absolute atomic E-state index is 12.4. The molecule has 0 spiro atoms. The van der Waals surface area contributed by atoms with E-state index < -0.39 is 4.92 Å². The molecule has 1 heterocycles. The zero-order chi connectivity index (χ0) is 20.1. The number of carbonyl (C=O) groups is 1. The fraction of sp³-hybridized carbons (Fsp3) is 0.350. The Morgan fingerprint density at radius 3 is 2.46 bits per heavy atom. The van der Waals surface area contributed by atoms with E-state index in [0.717, 1.165) is 37.4 Å². The summed E-state index contributed by atoms with van der Waals surface area (Å²) in [6.45, 7) is 5.64. The Bertz CT molecular complexity index is 836. The molecule has 2 N–H and O–H groups in total. The zero-order valence-electron chi connectivity index (χ0n) is 15.7. The van der Waals surface area contributed by atoms with Crippen molar-refractivity contribution in [2.45, 2.75) is 13.0 Å². The monoisotopic (exact) mass is 403 g/mol. The van der Waals surface area contributed by atoms with Gasteiger partial charge < -0.3 is 15.1 Å². The molecule has 28 heavy (non-hydrogen) atoms. The number of anilines is 1. The summed E-state index contributed by atoms with van der Waals surface area (Å²) in [7, 11) is 0. The van der Waals surface area contributed by atoms with Gasteiger partial charge in [0.1, 0.15) is 0 Å². The van der Waals surface area contributed by atoms with Gasteiger partial charge >= 0.3 is 0 Å². The minimum absolute atomic E-state index is 0.00575. The number of nitro groups is 1. The van der Waals surface area contributed by atoms with Gasteiger partial charge in [0.2, 0.25) is 0 Å². The first-order valence-corrected chi connectivity index (χ1v) is 9.68. The molecular formula is C20H24ClN4O3+. The van der Waals surface area contributed by atoms with Gasteiger partial charge in [-0.1, -0.05) is 29.8 Å². The highest BCUT2D eigenvalue weighted by molar-refractivity contribution is 6.31. The normalized spacial score (nSPS) is 15.9. The fourth-order valence-corrected chi connectivity index (χ4v) is 3.77. The molecule has 2 aromatic carbocycles. The van der Waals surface area contributed by atoms with E-state index in [0.29, 0.717) is 11.6 Å². The number of carbonyl (C=O) groups excluding carboxylic acids is 1. The summed E-state index contributed by atoms with van der Waals surface area (Å²) in [4.78, 5) is 26.2. The number of non-ortho nitro benzene ring substituents is 1. The molecular weight excluding hydrogens is 380 g/mol. The summed E-state index contributed by atoms with van der Waals surface area (Å²) < 4.78 is 0. The maximum Gasteiger partial charge on any atom is 0.275 e. The van der Waals surface area contributed by atoms with Crippen LogP contribution in [0.25, 0.3) is 0 Å². The SMILES string of the molecule is C[C@H](NC(=O)C[NH+]1CCN(c2ccc([N+](=O)[O-])cc2)CC1)c1ccccc1Cl. The summed E-state index contributed by atoms with van der Waals surface area (Å²) in [5.41, 5.74) is 1.98. The van der Waals surface area contributed by atoms with E-state index in [1.54, 1.807) is 12.1 Å². The Hall–Kier alpha value is -2.64. The Labute approximate surface area is 169 Å². The predicted molar refractivity (Wildman–Crippen MR) is 109 cm³/mol. The molecule has 3 rings (SSSR count). The number of halogens is 1. The van der Waals surface area contributed by atoms with Crippen LogP contribution in [0.4, 0.5) is 11.4 Å². The van der Waals surface area contributed by atoms with E-state index in [1.165, 1.54) is 17.0 Å². The van der Waals surface area contributed by atoms with E-state index in [1.807, 2.05) is 31.2 Å². The lowest BCUT2D eigenvalue weighted by molar-refractivity contribution is -0.892. The molecule has 0 aliphatic carbocycles. The molecule has 8 heteroatoms. The first-order chi connectivity index (χ1) is 13.4. The van der Waals surface area contributed by atoms with Gasteiger partial charge in [-0.15, -0.1) is 0 Å². The Morgan fingerprint density at radius 2 is 1.86 bits per heavy atom. The molecule has 0 saturated carbocycles. The van der Waals surface area contributed by atoms with E-state index in [2.05, 4.69) is 10.2 Å². The van der Waals surface area contributed by atoms with E-state index in [4.69, 9.17) is 11.6 Å². The highest BCUT2D eigenvalue weighted by atomic mass is 35.5. The van der Waals surface area contributed by atoms with Gasteiger partial charge in [-0.2, -0.15) is 0 Å². The molecule has 0 radical (unpaired) electrons. The van der Waals surface area contributed by atoms with Gasteiger partial charge in [-0.05, 0) is 30.7 Å². The van der Waals surface area contributed by atoms with Gasteiger partial charge in [0.15, 0.2) is 6.54 Å². The van der Waals surface area contributed by atoms with Gasteiger partial charge in [-0.25, -0.2) is 0 Å². The topological polar surface area (TPSA) is 79.9 Å². The van der Waals surface area contributed by atoms with Crippen LogP contribution in [0.2, 0.25) is 5.02 Å². The molecule has 148 valence electrons. The zero-order valence-corrected chi connectivity index (χ0v) is 16.5. The van der Waals surface area contributed by atoms with Crippen LogP contribution in [-0.4, -0.2) is 43.6 Å². The van der Waals surface area contributed by atoms with Crippen molar-refractivity contribution in [2.75, 3.05) is 37.6 Å². The average molecular weight is 404 g/mol. The summed E-state index contributed by atoms with van der Waals surface area (Å²) in [6.07, 6.45) is 0. The number of nitrogens with one attached hydrogen (secondary N) is 2. The molecule has 0 bridgehead atoms. The van der Waals surface area contributed by atoms with Crippen molar-refractivity contribution in [1.82, 2.24) is 5.32 Å². The van der Waals surface area contributed by atoms with E-state index in [9.17, 15) is 14.9 Å². The van der Waals surface area contributed by atoms with Crippen molar-refractivity contribution in [3.05, 3.63) is 69.2 Å². The van der Waals surface area contributed by atoms with Crippen LogP contribution >= 0.6 is 11.6 Å². The molecule has 1 aliphatic heterocycles. The molecule has 1 aliphatic rings. The number of rotatable bonds is 6. The smallest absolute Gasteiger partial charge is 0.275 e. The number of amides is 1. The number of piperazine rings is 1. The van der Waals surface area contributed by atoms with Crippen LogP contribution in [0, 0.1) is 10.1 Å². The van der Waals surface area contributed by atoms with Crippen LogP contribution in [0.3, 0.4) is 0 Å². The van der Waals surface area contributed by atoms with Gasteiger partial charge in [0.05, 0.1) is 37.1 Å². The third-order valence-corrected chi connectivity index (χ3v) is 5.40. The molecule has 0 unspecified atom stereocenters. The third-order valence-electron chi connectivity index (χ3n) is 5.06. The summed E-state index contributed by atoms with van der Waals surface area (Å²) in [6, 6.07) is 14.0. The quantitative estimate of drug-likeness (QED) is 0.569. The lowest BCUT2D eigenvalue weighted by atomic mass is 10.1. The van der Waals surface area contributed by atoms with Crippen molar-refractivity contribution in [2.24, 2.45) is 0 Å². The first kappa shape index (κ1) is 20.1. The van der Waals surface area contributed by atoms with Crippen LogP contribution in [0.1, 0.15) is 18.5 Å². The summed E-state index contributed by atoms with van der Waals surface area (Å²) in [5, 5.41) is 14.4. The number of benzene rings is 2. The van der Waals surface area contributed by atoms with Crippen molar-refractivity contribution in [3.8, 4) is 0 Å². The van der Waals surface area contributed by atoms with Gasteiger partial charge in [0, 0.05) is 22.8 Å². The minimum Gasteiger partial charge on any atom is -0.360 e. The Morgan fingerprint density at radius 1 is 1.21 bits per heavy atom. The van der Waals surface area contributed by atoms with Crippen LogP contribution in [0.15, 0.2) is 48.5 Å². The molecule has 7 nitrogen and oxygen atoms in total. The molecule has 1 fully saturated rings. The average Bonchev–Trinajstić information content (AvgIpc) is 2.69. The largest absolute Gasteiger partial charge is 0.360 e. The van der Waals surface area contributed by atoms with Crippen molar-refractivity contribution in [3.63, 3.8) is 0 Å². The lowest BCUT2D eigenvalue weighted by Gasteiger charge is -2.33. The molecule has 0 aromatic heterocycles. The summed E-state index contributed by atoms with van der Waals surface area (Å²) in [5.74, 6) is 0.00575. The van der Waals surface area contributed by atoms with Crippen molar-refractivity contribution in [1.29, 1.82) is 0 Å². The second-order valence-electron chi connectivity index (χ2n) is 7.00. The lowest BCUT2D eigenvalue weighted by Crippen LogP contribution is -3.15. The Kier molecular flexibility index (Phi) is 6.49. The highest BCUT2D eigenvalue weighted by Gasteiger charge is 2.23. The first-order valence-electron chi connectivity index (χ1n) is 9.31. The predicted octanol–water partition coefficient (Wildman–Crippen LogP) is 1.83. The molecule has 1 atom stereocenters. The maximum atomic E-state index is 12.4. The van der Waals surface area contributed by atoms with Crippen LogP contribution in [0.5, 0.6) is 0 Å². The number of quaternary nitrogens is 1. The van der Waals surface area contributed by atoms with Crippen LogP contribution < -0.4 is 15.1 Å².